The van der Waals surface area contributed by atoms with E-state index in [-0.39, 0.29) is 23.6 Å². The molecule has 1 saturated carbocycles. The standard InChI is InChI=1S/C19H23ClN2O3S2/c20-16-7-5-15(6-8-16)13-27(24,25)22-12-18(23)21-14-19(9-1-2-10-19)17-4-3-11-26-17/h3-8,11,22H,1-2,9-10,12-14H2,(H,21,23). The summed E-state index contributed by atoms with van der Waals surface area (Å²) in [5, 5.41) is 5.53. The Bertz CT molecular complexity index is 859. The number of amides is 1. The largest absolute Gasteiger partial charge is 0.354 e. The first kappa shape index (κ1) is 20.3. The molecule has 1 heterocycles. The molecule has 8 heteroatoms. The molecule has 0 unspecified atom stereocenters. The van der Waals surface area contributed by atoms with Gasteiger partial charge in [0.15, 0.2) is 0 Å². The second kappa shape index (κ2) is 8.73. The Labute approximate surface area is 169 Å². The van der Waals surface area contributed by atoms with Gasteiger partial charge >= 0.3 is 0 Å². The van der Waals surface area contributed by atoms with Crippen molar-refractivity contribution in [2.45, 2.75) is 36.9 Å². The molecule has 0 saturated heterocycles. The number of nitrogens with one attached hydrogen (secondary N) is 2. The highest BCUT2D eigenvalue weighted by Crippen LogP contribution is 2.42. The van der Waals surface area contributed by atoms with E-state index in [9.17, 15) is 13.2 Å². The number of rotatable bonds is 8. The maximum absolute atomic E-state index is 12.2. The summed E-state index contributed by atoms with van der Waals surface area (Å²) >= 11 is 7.52. The Hall–Kier alpha value is -1.41. The molecule has 3 rings (SSSR count). The average molecular weight is 427 g/mol. The molecule has 1 aliphatic carbocycles. The Kier molecular flexibility index (Phi) is 6.57. The normalized spacial score (nSPS) is 16.3. The van der Waals surface area contributed by atoms with Gasteiger partial charge in [0.05, 0.1) is 12.3 Å². The third-order valence-electron chi connectivity index (χ3n) is 4.95. The molecule has 1 aliphatic rings. The average Bonchev–Trinajstić information content (AvgIpc) is 3.32. The molecule has 5 nitrogen and oxygen atoms in total. The zero-order chi connectivity index (χ0) is 19.3. The molecule has 0 atom stereocenters. The molecule has 1 aromatic heterocycles. The molecule has 1 aromatic carbocycles. The lowest BCUT2D eigenvalue weighted by Gasteiger charge is -2.28. The number of halogens is 1. The fraction of sp³-hybridized carbons (Fsp3) is 0.421. The molecule has 0 aliphatic heterocycles. The molecule has 0 radical (unpaired) electrons. The summed E-state index contributed by atoms with van der Waals surface area (Å²) in [5.41, 5.74) is 0.612. The smallest absolute Gasteiger partial charge is 0.235 e. The van der Waals surface area contributed by atoms with Gasteiger partial charge < -0.3 is 5.32 Å². The second-order valence-electron chi connectivity index (χ2n) is 6.95. The first-order chi connectivity index (χ1) is 12.9. The number of carbonyl (C=O) groups excluding carboxylic acids is 1. The number of hydrogen-bond acceptors (Lipinski definition) is 4. The van der Waals surface area contributed by atoms with Gasteiger partial charge in [-0.3, -0.25) is 4.79 Å². The van der Waals surface area contributed by atoms with Gasteiger partial charge in [-0.1, -0.05) is 42.6 Å². The number of thiophene rings is 1. The van der Waals surface area contributed by atoms with E-state index < -0.39 is 10.0 Å². The van der Waals surface area contributed by atoms with Gasteiger partial charge in [-0.05, 0) is 42.0 Å². The third-order valence-corrected chi connectivity index (χ3v) is 7.62. The Balaban J connectivity index is 1.51. The summed E-state index contributed by atoms with van der Waals surface area (Å²) in [6.07, 6.45) is 4.41. The summed E-state index contributed by atoms with van der Waals surface area (Å²) in [6, 6.07) is 10.8. The number of carbonyl (C=O) groups is 1. The van der Waals surface area contributed by atoms with E-state index in [1.807, 2.05) is 6.07 Å². The third kappa shape index (κ3) is 5.54. The van der Waals surface area contributed by atoms with E-state index >= 15 is 0 Å². The maximum atomic E-state index is 12.2. The molecule has 1 amide bonds. The van der Waals surface area contributed by atoms with Crippen LogP contribution in [0.4, 0.5) is 0 Å². The Morgan fingerprint density at radius 3 is 2.48 bits per heavy atom. The van der Waals surface area contributed by atoms with Gasteiger partial charge in [-0.25, -0.2) is 13.1 Å². The van der Waals surface area contributed by atoms with Crippen LogP contribution in [0.5, 0.6) is 0 Å². The lowest BCUT2D eigenvalue weighted by atomic mass is 9.84. The van der Waals surface area contributed by atoms with Gasteiger partial charge in [-0.2, -0.15) is 0 Å². The van der Waals surface area contributed by atoms with Crippen molar-refractivity contribution < 1.29 is 13.2 Å². The maximum Gasteiger partial charge on any atom is 0.235 e. The van der Waals surface area contributed by atoms with Crippen molar-refractivity contribution in [3.8, 4) is 0 Å². The van der Waals surface area contributed by atoms with Crippen molar-refractivity contribution >= 4 is 38.9 Å². The molecule has 0 bridgehead atoms. The fourth-order valence-electron chi connectivity index (χ4n) is 3.50. The quantitative estimate of drug-likeness (QED) is 0.678. The molecule has 27 heavy (non-hydrogen) atoms. The molecule has 2 N–H and O–H groups in total. The Morgan fingerprint density at radius 2 is 1.85 bits per heavy atom. The van der Waals surface area contributed by atoms with Crippen LogP contribution in [0.1, 0.15) is 36.1 Å². The van der Waals surface area contributed by atoms with Crippen molar-refractivity contribution in [2.75, 3.05) is 13.1 Å². The van der Waals surface area contributed by atoms with E-state index in [1.54, 1.807) is 35.6 Å². The predicted octanol–water partition coefficient (Wildman–Crippen LogP) is 3.45. The lowest BCUT2D eigenvalue weighted by molar-refractivity contribution is -0.120. The van der Waals surface area contributed by atoms with E-state index in [1.165, 1.54) is 4.88 Å². The van der Waals surface area contributed by atoms with Crippen LogP contribution >= 0.6 is 22.9 Å². The highest BCUT2D eigenvalue weighted by atomic mass is 35.5. The van der Waals surface area contributed by atoms with Crippen LogP contribution in [0, 0.1) is 0 Å². The zero-order valence-electron chi connectivity index (χ0n) is 14.9. The minimum Gasteiger partial charge on any atom is -0.354 e. The van der Waals surface area contributed by atoms with Crippen LogP contribution in [0.15, 0.2) is 41.8 Å². The topological polar surface area (TPSA) is 75.3 Å². The molecular weight excluding hydrogens is 404 g/mol. The Morgan fingerprint density at radius 1 is 1.15 bits per heavy atom. The molecular formula is C19H23ClN2O3S2. The van der Waals surface area contributed by atoms with Crippen molar-refractivity contribution in [3.63, 3.8) is 0 Å². The second-order valence-corrected chi connectivity index (χ2v) is 10.1. The van der Waals surface area contributed by atoms with Crippen LogP contribution in [0.3, 0.4) is 0 Å². The van der Waals surface area contributed by atoms with Gasteiger partial charge in [0.25, 0.3) is 0 Å². The molecule has 0 spiro atoms. The number of hydrogen-bond donors (Lipinski definition) is 2. The van der Waals surface area contributed by atoms with Crippen molar-refractivity contribution in [1.29, 1.82) is 0 Å². The van der Waals surface area contributed by atoms with Crippen LogP contribution in [0.25, 0.3) is 0 Å². The van der Waals surface area contributed by atoms with Gasteiger partial charge in [0, 0.05) is 21.9 Å². The van der Waals surface area contributed by atoms with Crippen LogP contribution in [-0.4, -0.2) is 27.4 Å². The summed E-state index contributed by atoms with van der Waals surface area (Å²) in [7, 11) is -3.59. The monoisotopic (exact) mass is 426 g/mol. The van der Waals surface area contributed by atoms with Crippen molar-refractivity contribution in [3.05, 3.63) is 57.2 Å². The van der Waals surface area contributed by atoms with Crippen LogP contribution in [-0.2, 0) is 26.0 Å². The minimum atomic E-state index is -3.59. The summed E-state index contributed by atoms with van der Waals surface area (Å²) < 4.78 is 26.7. The highest BCUT2D eigenvalue weighted by molar-refractivity contribution is 7.88. The summed E-state index contributed by atoms with van der Waals surface area (Å²) in [6.45, 7) is 0.293. The van der Waals surface area contributed by atoms with Crippen LogP contribution < -0.4 is 10.0 Å². The van der Waals surface area contributed by atoms with E-state index in [4.69, 9.17) is 11.6 Å². The summed E-state index contributed by atoms with van der Waals surface area (Å²) in [5.74, 6) is -0.492. The summed E-state index contributed by atoms with van der Waals surface area (Å²) in [4.78, 5) is 13.5. The minimum absolute atomic E-state index is 0.00793. The van der Waals surface area contributed by atoms with Crippen molar-refractivity contribution in [1.82, 2.24) is 10.0 Å². The zero-order valence-corrected chi connectivity index (χ0v) is 17.3. The van der Waals surface area contributed by atoms with E-state index in [0.717, 1.165) is 25.7 Å². The van der Waals surface area contributed by atoms with E-state index in [0.29, 0.717) is 17.1 Å². The highest BCUT2D eigenvalue weighted by Gasteiger charge is 2.36. The first-order valence-corrected chi connectivity index (χ1v) is 11.8. The van der Waals surface area contributed by atoms with E-state index in [2.05, 4.69) is 21.5 Å². The number of sulfonamides is 1. The molecule has 146 valence electrons. The van der Waals surface area contributed by atoms with Gasteiger partial charge in [0.2, 0.25) is 15.9 Å². The van der Waals surface area contributed by atoms with Crippen LogP contribution in [0.2, 0.25) is 5.02 Å². The van der Waals surface area contributed by atoms with Gasteiger partial charge in [-0.15, -0.1) is 11.3 Å². The van der Waals surface area contributed by atoms with Gasteiger partial charge in [0.1, 0.15) is 0 Å². The number of benzene rings is 1. The first-order valence-electron chi connectivity index (χ1n) is 8.91. The lowest BCUT2D eigenvalue weighted by Crippen LogP contribution is -2.43. The molecule has 2 aromatic rings. The van der Waals surface area contributed by atoms with Crippen molar-refractivity contribution in [2.24, 2.45) is 0 Å². The predicted molar refractivity (Wildman–Crippen MR) is 110 cm³/mol. The fourth-order valence-corrected chi connectivity index (χ4v) is 5.70. The SMILES string of the molecule is O=C(CNS(=O)(=O)Cc1ccc(Cl)cc1)NCC1(c2cccs2)CCCC1. The molecule has 1 fully saturated rings.